The van der Waals surface area contributed by atoms with Crippen molar-refractivity contribution in [2.75, 3.05) is 25.1 Å². The van der Waals surface area contributed by atoms with Gasteiger partial charge in [0.2, 0.25) is 0 Å². The quantitative estimate of drug-likeness (QED) is 0.389. The number of benzene rings is 1. The third kappa shape index (κ3) is 6.64. The van der Waals surface area contributed by atoms with Crippen molar-refractivity contribution in [2.24, 2.45) is 0 Å². The summed E-state index contributed by atoms with van der Waals surface area (Å²) in [7, 11) is 0. The molecule has 4 rings (SSSR count). The number of rotatable bonds is 6. The number of hydrogen-bond acceptors (Lipinski definition) is 4. The highest BCUT2D eigenvalue weighted by atomic mass is 35.5. The Morgan fingerprint density at radius 1 is 1.15 bits per heavy atom. The monoisotopic (exact) mass is 476 g/mol. The van der Waals surface area contributed by atoms with Crippen LogP contribution >= 0.6 is 11.6 Å². The number of nitrogens with zero attached hydrogens (tertiary/aromatic N) is 2. The minimum Gasteiger partial charge on any atom is -0.381 e. The summed E-state index contributed by atoms with van der Waals surface area (Å²) in [5, 5.41) is 7.68. The van der Waals surface area contributed by atoms with Gasteiger partial charge in [-0.2, -0.15) is 13.2 Å². The van der Waals surface area contributed by atoms with Crippen molar-refractivity contribution >= 4 is 28.2 Å². The van der Waals surface area contributed by atoms with Crippen LogP contribution in [0, 0.1) is 11.8 Å². The van der Waals surface area contributed by atoms with Gasteiger partial charge in [-0.1, -0.05) is 23.6 Å². The molecule has 0 amide bonds. The van der Waals surface area contributed by atoms with Gasteiger partial charge in [-0.25, -0.2) is 4.98 Å². The van der Waals surface area contributed by atoms with E-state index in [1.807, 2.05) is 12.1 Å². The number of pyridine rings is 1. The average Bonchev–Trinajstić information content (AvgIpc) is 3.12. The molecular formula is C24H24ClF3N4O. The van der Waals surface area contributed by atoms with Gasteiger partial charge in [0.1, 0.15) is 11.7 Å². The van der Waals surface area contributed by atoms with Crippen molar-refractivity contribution in [3.63, 3.8) is 0 Å². The van der Waals surface area contributed by atoms with Gasteiger partial charge in [0.15, 0.2) is 0 Å². The second-order valence-electron chi connectivity index (χ2n) is 7.92. The zero-order valence-electron chi connectivity index (χ0n) is 17.9. The largest absolute Gasteiger partial charge is 0.406 e. The van der Waals surface area contributed by atoms with Crippen LogP contribution < -0.4 is 10.6 Å². The highest BCUT2D eigenvalue weighted by Gasteiger charge is 2.29. The summed E-state index contributed by atoms with van der Waals surface area (Å²) in [4.78, 5) is 3.97. The third-order valence-corrected chi connectivity index (χ3v) is 5.67. The first-order chi connectivity index (χ1) is 15.9. The molecule has 0 spiro atoms. The van der Waals surface area contributed by atoms with Crippen LogP contribution in [0.5, 0.6) is 0 Å². The second-order valence-corrected chi connectivity index (χ2v) is 8.30. The van der Waals surface area contributed by atoms with Crippen LogP contribution in [0.2, 0.25) is 5.15 Å². The first-order valence-corrected chi connectivity index (χ1v) is 11.1. The fourth-order valence-corrected chi connectivity index (χ4v) is 3.92. The third-order valence-electron chi connectivity index (χ3n) is 5.44. The molecule has 5 nitrogen and oxygen atoms in total. The maximum Gasteiger partial charge on any atom is 0.406 e. The van der Waals surface area contributed by atoms with Gasteiger partial charge in [0.25, 0.3) is 0 Å². The molecule has 2 N–H and O–H groups in total. The molecule has 1 aromatic carbocycles. The molecule has 0 saturated carbocycles. The van der Waals surface area contributed by atoms with Crippen LogP contribution in [0.1, 0.15) is 24.1 Å². The molecule has 3 aromatic rings. The second kappa shape index (κ2) is 10.5. The molecule has 1 fully saturated rings. The standard InChI is InChI=1S/C24H24ClF3N4O/c25-23-6-4-20(15-31-23)29-9-1-2-21-13-18-12-17(14-30-19-7-10-33-11-8-19)3-5-22(18)32(21)16-24(26,27)28/h3-6,12-13,15,19,29-30H,7-11,14,16H2. The van der Waals surface area contributed by atoms with Gasteiger partial charge in [-0.05, 0) is 54.7 Å². The highest BCUT2D eigenvalue weighted by Crippen LogP contribution is 2.26. The molecule has 9 heteroatoms. The molecule has 0 aliphatic carbocycles. The molecule has 2 aromatic heterocycles. The van der Waals surface area contributed by atoms with Gasteiger partial charge in [-0.15, -0.1) is 0 Å². The fraction of sp³-hybridized carbons (Fsp3) is 0.375. The summed E-state index contributed by atoms with van der Waals surface area (Å²) in [6.45, 7) is 1.34. The van der Waals surface area contributed by atoms with E-state index >= 15 is 0 Å². The average molecular weight is 477 g/mol. The molecule has 1 saturated heterocycles. The van der Waals surface area contributed by atoms with Crippen molar-refractivity contribution in [2.45, 2.75) is 38.1 Å². The minimum absolute atomic E-state index is 0.261. The van der Waals surface area contributed by atoms with E-state index in [9.17, 15) is 13.2 Å². The van der Waals surface area contributed by atoms with Gasteiger partial charge in [-0.3, -0.25) is 0 Å². The van der Waals surface area contributed by atoms with E-state index in [0.717, 1.165) is 42.7 Å². The lowest BCUT2D eigenvalue weighted by atomic mass is 10.1. The molecule has 0 unspecified atom stereocenters. The summed E-state index contributed by atoms with van der Waals surface area (Å²) in [5.41, 5.74) is 2.59. The summed E-state index contributed by atoms with van der Waals surface area (Å²) in [6, 6.07) is 11.1. The number of halogens is 4. The van der Waals surface area contributed by atoms with Crippen LogP contribution in [0.4, 0.5) is 18.9 Å². The molecule has 1 aliphatic rings. The molecular weight excluding hydrogens is 453 g/mol. The van der Waals surface area contributed by atoms with Gasteiger partial charge in [0.05, 0.1) is 24.1 Å². The molecule has 33 heavy (non-hydrogen) atoms. The van der Waals surface area contributed by atoms with Crippen molar-refractivity contribution in [1.29, 1.82) is 0 Å². The smallest absolute Gasteiger partial charge is 0.381 e. The predicted molar refractivity (Wildman–Crippen MR) is 123 cm³/mol. The number of alkyl halides is 3. The predicted octanol–water partition coefficient (Wildman–Crippen LogP) is 4.98. The lowest BCUT2D eigenvalue weighted by molar-refractivity contribution is -0.140. The van der Waals surface area contributed by atoms with E-state index in [4.69, 9.17) is 16.3 Å². The number of ether oxygens (including phenoxy) is 1. The lowest BCUT2D eigenvalue weighted by Crippen LogP contribution is -2.34. The topological polar surface area (TPSA) is 51.1 Å². The maximum absolute atomic E-state index is 13.3. The van der Waals surface area contributed by atoms with Crippen LogP contribution in [0.3, 0.4) is 0 Å². The Bertz CT molecular complexity index is 1140. The summed E-state index contributed by atoms with van der Waals surface area (Å²) in [5.74, 6) is 5.79. The highest BCUT2D eigenvalue weighted by molar-refractivity contribution is 6.29. The molecule has 0 atom stereocenters. The number of anilines is 1. The van der Waals surface area contributed by atoms with E-state index < -0.39 is 12.7 Å². The number of nitrogens with one attached hydrogen (secondary N) is 2. The van der Waals surface area contributed by atoms with Gasteiger partial charge < -0.3 is 19.9 Å². The van der Waals surface area contributed by atoms with Crippen LogP contribution in [-0.2, 0) is 17.8 Å². The Morgan fingerprint density at radius 3 is 2.70 bits per heavy atom. The fourth-order valence-electron chi connectivity index (χ4n) is 3.81. The van der Waals surface area contributed by atoms with E-state index in [1.165, 1.54) is 4.57 Å². The van der Waals surface area contributed by atoms with Crippen LogP contribution in [-0.4, -0.2) is 41.5 Å². The minimum atomic E-state index is -4.35. The molecule has 3 heterocycles. The van der Waals surface area contributed by atoms with Crippen molar-refractivity contribution in [3.8, 4) is 11.8 Å². The first kappa shape index (κ1) is 23.4. The van der Waals surface area contributed by atoms with Crippen LogP contribution in [0.15, 0.2) is 42.6 Å². The molecule has 0 radical (unpaired) electrons. The van der Waals surface area contributed by atoms with Gasteiger partial charge in [0, 0.05) is 36.7 Å². The number of aromatic nitrogens is 2. The molecule has 1 aliphatic heterocycles. The lowest BCUT2D eigenvalue weighted by Gasteiger charge is -2.23. The number of fused-ring (bicyclic) bond motifs is 1. The first-order valence-electron chi connectivity index (χ1n) is 10.7. The van der Waals surface area contributed by atoms with Gasteiger partial charge >= 0.3 is 6.18 Å². The Morgan fingerprint density at radius 2 is 1.97 bits per heavy atom. The summed E-state index contributed by atoms with van der Waals surface area (Å²) in [6.07, 6.45) is -0.854. The zero-order valence-corrected chi connectivity index (χ0v) is 18.6. The zero-order chi connectivity index (χ0) is 23.3. The maximum atomic E-state index is 13.3. The van der Waals surface area contributed by atoms with Crippen LogP contribution in [0.25, 0.3) is 10.9 Å². The van der Waals surface area contributed by atoms with Crippen molar-refractivity contribution in [3.05, 3.63) is 59.0 Å². The van der Waals surface area contributed by atoms with Crippen molar-refractivity contribution in [1.82, 2.24) is 14.9 Å². The van der Waals surface area contributed by atoms with E-state index in [-0.39, 0.29) is 6.54 Å². The van der Waals surface area contributed by atoms with E-state index in [1.54, 1.807) is 30.5 Å². The van der Waals surface area contributed by atoms with E-state index in [2.05, 4.69) is 27.5 Å². The SMILES string of the molecule is FC(F)(F)Cn1c(C#CCNc2ccc(Cl)nc2)cc2cc(CNC3CCOCC3)ccc21. The molecule has 174 valence electrons. The Kier molecular flexibility index (Phi) is 7.43. The Balaban J connectivity index is 1.51. The summed E-state index contributed by atoms with van der Waals surface area (Å²) >= 11 is 5.76. The Labute approximate surface area is 195 Å². The van der Waals surface area contributed by atoms with Crippen molar-refractivity contribution < 1.29 is 17.9 Å². The Hall–Kier alpha value is -2.73. The number of hydrogen-bond donors (Lipinski definition) is 2. The molecule has 0 bridgehead atoms. The van der Waals surface area contributed by atoms with E-state index in [0.29, 0.717) is 29.0 Å². The normalized spacial score (nSPS) is 14.8. The summed E-state index contributed by atoms with van der Waals surface area (Å²) < 4.78 is 46.4.